The van der Waals surface area contributed by atoms with E-state index in [-0.39, 0.29) is 28.9 Å². The number of hydrogen-bond acceptors (Lipinski definition) is 0. The highest BCUT2D eigenvalue weighted by molar-refractivity contribution is 5.85. The van der Waals surface area contributed by atoms with Gasteiger partial charge in [0.1, 0.15) is 5.82 Å². The summed E-state index contributed by atoms with van der Waals surface area (Å²) in [5, 5.41) is 0. The quantitative estimate of drug-likeness (QED) is 0.253. The van der Waals surface area contributed by atoms with Crippen LogP contribution in [0.15, 0.2) is 66.3 Å². The monoisotopic (exact) mass is 574 g/mol. The van der Waals surface area contributed by atoms with Crippen LogP contribution in [0.3, 0.4) is 0 Å². The molecule has 0 saturated heterocycles. The number of allylic oxidation sites excluding steroid dienone is 8. The van der Waals surface area contributed by atoms with Gasteiger partial charge in [-0.25, -0.2) is 4.39 Å². The minimum Gasteiger partial charge on any atom is -0.206 e. The third-order valence-corrected chi connectivity index (χ3v) is 9.33. The molecule has 1 saturated carbocycles. The summed E-state index contributed by atoms with van der Waals surface area (Å²) >= 11 is 0. The predicted molar refractivity (Wildman–Crippen MR) is 149 cm³/mol. The summed E-state index contributed by atoms with van der Waals surface area (Å²) in [7, 11) is 0. The van der Waals surface area contributed by atoms with Crippen LogP contribution in [-0.2, 0) is 12.4 Å². The summed E-state index contributed by atoms with van der Waals surface area (Å²) in [5.74, 6) is -0.222. The normalized spacial score (nSPS) is 26.2. The SMILES string of the molecule is CC=CC1(CC)C2CC=C(C)C=CC(=CC2)c2c(cc(F)c(-c3cc(C(F)(F)F)cc(C(F)(F)F)c3)c2C)C2CC21. The third kappa shape index (κ3) is 5.21. The van der Waals surface area contributed by atoms with Gasteiger partial charge in [-0.15, -0.1) is 0 Å². The Balaban J connectivity index is 1.80. The Morgan fingerprint density at radius 1 is 0.878 bits per heavy atom. The van der Waals surface area contributed by atoms with Crippen molar-refractivity contribution in [1.82, 2.24) is 0 Å². The molecule has 4 atom stereocenters. The van der Waals surface area contributed by atoms with Crippen molar-refractivity contribution >= 4 is 5.57 Å². The minimum absolute atomic E-state index is 0.0394. The molecule has 0 radical (unpaired) electrons. The number of benzene rings is 2. The third-order valence-electron chi connectivity index (χ3n) is 9.33. The van der Waals surface area contributed by atoms with E-state index in [2.05, 4.69) is 31.2 Å². The number of rotatable bonds is 3. The molecule has 7 heteroatoms. The second kappa shape index (κ2) is 10.3. The van der Waals surface area contributed by atoms with Crippen LogP contribution in [0.4, 0.5) is 30.7 Å². The fraction of sp³-hybridized carbons (Fsp3) is 0.412. The average molecular weight is 575 g/mol. The summed E-state index contributed by atoms with van der Waals surface area (Å²) in [5.41, 5.74) is 0.00852. The summed E-state index contributed by atoms with van der Waals surface area (Å²) < 4.78 is 98.2. The molecule has 0 spiro atoms. The smallest absolute Gasteiger partial charge is 0.206 e. The molecule has 0 N–H and O–H groups in total. The van der Waals surface area contributed by atoms with E-state index in [4.69, 9.17) is 0 Å². The summed E-state index contributed by atoms with van der Waals surface area (Å²) in [6.45, 7) is 7.81. The van der Waals surface area contributed by atoms with Crippen molar-refractivity contribution < 1.29 is 30.7 Å². The fourth-order valence-corrected chi connectivity index (χ4v) is 7.28. The van der Waals surface area contributed by atoms with Gasteiger partial charge in [-0.3, -0.25) is 0 Å². The van der Waals surface area contributed by atoms with Crippen molar-refractivity contribution in [3.63, 3.8) is 0 Å². The van der Waals surface area contributed by atoms with Gasteiger partial charge in [0.25, 0.3) is 0 Å². The van der Waals surface area contributed by atoms with Crippen LogP contribution in [0.5, 0.6) is 0 Å². The Bertz CT molecular complexity index is 1450. The summed E-state index contributed by atoms with van der Waals surface area (Å²) in [4.78, 5) is 0. The molecule has 0 aromatic heterocycles. The molecule has 3 aliphatic rings. The van der Waals surface area contributed by atoms with Crippen LogP contribution in [0.1, 0.15) is 80.2 Å². The molecule has 1 fully saturated rings. The molecule has 0 aliphatic heterocycles. The Labute approximate surface area is 236 Å². The topological polar surface area (TPSA) is 0 Å². The lowest BCUT2D eigenvalue weighted by Gasteiger charge is -2.38. The predicted octanol–water partition coefficient (Wildman–Crippen LogP) is 11.2. The zero-order chi connectivity index (χ0) is 29.9. The molecule has 0 amide bonds. The highest BCUT2D eigenvalue weighted by Gasteiger charge is 2.55. The van der Waals surface area contributed by atoms with Crippen LogP contribution in [0.25, 0.3) is 16.7 Å². The van der Waals surface area contributed by atoms with E-state index in [0.29, 0.717) is 29.2 Å². The van der Waals surface area contributed by atoms with Gasteiger partial charge in [-0.05, 0) is 122 Å². The Morgan fingerprint density at radius 3 is 2.10 bits per heavy atom. The molecule has 2 aromatic carbocycles. The van der Waals surface area contributed by atoms with Crippen molar-refractivity contribution in [1.29, 1.82) is 0 Å². The van der Waals surface area contributed by atoms with Crippen LogP contribution in [-0.4, -0.2) is 0 Å². The van der Waals surface area contributed by atoms with E-state index in [1.165, 1.54) is 6.07 Å². The maximum absolute atomic E-state index is 16.0. The summed E-state index contributed by atoms with van der Waals surface area (Å²) in [6.07, 6.45) is 5.99. The molecule has 5 rings (SSSR count). The highest BCUT2D eigenvalue weighted by Crippen LogP contribution is 2.65. The molecular weight excluding hydrogens is 541 g/mol. The zero-order valence-corrected chi connectivity index (χ0v) is 23.5. The van der Waals surface area contributed by atoms with Gasteiger partial charge in [0, 0.05) is 5.56 Å². The standard InChI is InChI=1S/C34H33F7/c1-5-13-32(6-2)23-11-8-19(3)7-9-21(10-12-23)30-20(4)31(29(35)18-27(30)26-17-28(26)32)22-14-24(33(36,37)38)16-25(15-22)34(39,40)41/h5,7-10,13-16,18,23,26,28H,6,11-12,17H2,1-4H3. The lowest BCUT2D eigenvalue weighted by molar-refractivity contribution is -0.143. The number of hydrogen-bond donors (Lipinski definition) is 0. The van der Waals surface area contributed by atoms with Gasteiger partial charge in [0.2, 0.25) is 0 Å². The lowest BCUT2D eigenvalue weighted by atomic mass is 9.66. The molecule has 0 heterocycles. The average Bonchev–Trinajstić information content (AvgIpc) is 3.67. The molecule has 218 valence electrons. The maximum atomic E-state index is 16.0. The second-order valence-corrected chi connectivity index (χ2v) is 11.6. The Morgan fingerprint density at radius 2 is 1.51 bits per heavy atom. The molecule has 4 unspecified atom stereocenters. The molecular formula is C34H33F7. The van der Waals surface area contributed by atoms with Gasteiger partial charge in [0.15, 0.2) is 0 Å². The van der Waals surface area contributed by atoms with Crippen molar-refractivity contribution in [3.05, 3.63) is 99.9 Å². The van der Waals surface area contributed by atoms with Gasteiger partial charge >= 0.3 is 12.4 Å². The van der Waals surface area contributed by atoms with Gasteiger partial charge in [0.05, 0.1) is 11.1 Å². The molecule has 0 nitrogen and oxygen atoms in total. The van der Waals surface area contributed by atoms with Crippen molar-refractivity contribution in [2.75, 3.05) is 0 Å². The van der Waals surface area contributed by atoms with Crippen molar-refractivity contribution in [3.8, 4) is 11.1 Å². The molecule has 2 bridgehead atoms. The zero-order valence-electron chi connectivity index (χ0n) is 23.5. The molecule has 2 aromatic rings. The van der Waals surface area contributed by atoms with Crippen LogP contribution in [0.2, 0.25) is 0 Å². The number of alkyl halides is 6. The van der Waals surface area contributed by atoms with Gasteiger partial charge in [-0.1, -0.05) is 49.0 Å². The van der Waals surface area contributed by atoms with E-state index in [1.54, 1.807) is 6.92 Å². The van der Waals surface area contributed by atoms with E-state index < -0.39 is 34.9 Å². The first-order chi connectivity index (χ1) is 19.2. The lowest BCUT2D eigenvalue weighted by Crippen LogP contribution is -2.31. The highest BCUT2D eigenvalue weighted by atomic mass is 19.4. The van der Waals surface area contributed by atoms with E-state index in [1.807, 2.05) is 26.0 Å². The van der Waals surface area contributed by atoms with Crippen molar-refractivity contribution in [2.24, 2.45) is 17.3 Å². The number of halogens is 7. The largest absolute Gasteiger partial charge is 0.416 e. The first kappa shape index (κ1) is 29.4. The number of fused-ring (bicyclic) bond motifs is 6. The fourth-order valence-electron chi connectivity index (χ4n) is 7.28. The van der Waals surface area contributed by atoms with Crippen LogP contribution in [0, 0.1) is 30.0 Å². The molecule has 41 heavy (non-hydrogen) atoms. The first-order valence-corrected chi connectivity index (χ1v) is 14.0. The van der Waals surface area contributed by atoms with E-state index >= 15 is 4.39 Å². The van der Waals surface area contributed by atoms with E-state index in [0.717, 1.165) is 42.4 Å². The van der Waals surface area contributed by atoms with E-state index in [9.17, 15) is 26.3 Å². The Hall–Kier alpha value is -3.09. The maximum Gasteiger partial charge on any atom is 0.416 e. The molecule has 3 aliphatic carbocycles. The minimum atomic E-state index is -5.03. The Kier molecular flexibility index (Phi) is 7.40. The van der Waals surface area contributed by atoms with Gasteiger partial charge in [-0.2, -0.15) is 26.3 Å². The van der Waals surface area contributed by atoms with Crippen LogP contribution >= 0.6 is 0 Å². The summed E-state index contributed by atoms with van der Waals surface area (Å²) in [6, 6.07) is 2.68. The van der Waals surface area contributed by atoms with Crippen molar-refractivity contribution in [2.45, 2.75) is 71.6 Å². The van der Waals surface area contributed by atoms with Crippen LogP contribution < -0.4 is 0 Å². The first-order valence-electron chi connectivity index (χ1n) is 14.0. The van der Waals surface area contributed by atoms with Gasteiger partial charge < -0.3 is 0 Å². The second-order valence-electron chi connectivity index (χ2n) is 11.6.